The van der Waals surface area contributed by atoms with Gasteiger partial charge in [0.05, 0.1) is 23.8 Å². The second-order valence-corrected chi connectivity index (χ2v) is 6.27. The number of hydrogen-bond acceptors (Lipinski definition) is 4. The number of ether oxygens (including phenoxy) is 1. The lowest BCUT2D eigenvalue weighted by molar-refractivity contribution is 0.0599. The van der Waals surface area contributed by atoms with Gasteiger partial charge < -0.3 is 10.1 Å². The molecule has 3 aromatic rings. The second kappa shape index (κ2) is 7.14. The fourth-order valence-corrected chi connectivity index (χ4v) is 3.08. The number of pyridine rings is 1. The Balaban J connectivity index is 2.06. The van der Waals surface area contributed by atoms with Crippen molar-refractivity contribution in [1.82, 2.24) is 4.98 Å². The normalized spacial score (nSPS) is 10.6. The highest BCUT2D eigenvalue weighted by Crippen LogP contribution is 2.27. The lowest BCUT2D eigenvalue weighted by Crippen LogP contribution is -2.16. The topological polar surface area (TPSA) is 68.3 Å². The molecule has 0 saturated heterocycles. The van der Waals surface area contributed by atoms with Gasteiger partial charge in [-0.3, -0.25) is 4.79 Å². The molecule has 0 spiro atoms. The van der Waals surface area contributed by atoms with Gasteiger partial charge in [0.25, 0.3) is 5.91 Å². The molecule has 0 unspecified atom stereocenters. The molecular weight excluding hydrogens is 352 g/mol. The first-order chi connectivity index (χ1) is 12.4. The molecule has 0 bridgehead atoms. The molecule has 1 N–H and O–H groups in total. The van der Waals surface area contributed by atoms with Gasteiger partial charge in [0.2, 0.25) is 0 Å². The van der Waals surface area contributed by atoms with Crippen molar-refractivity contribution in [2.75, 3.05) is 12.4 Å². The van der Waals surface area contributed by atoms with Crippen LogP contribution in [0.2, 0.25) is 5.15 Å². The molecule has 0 saturated carbocycles. The van der Waals surface area contributed by atoms with Gasteiger partial charge in [-0.2, -0.15) is 0 Å². The summed E-state index contributed by atoms with van der Waals surface area (Å²) in [6.45, 7) is 3.63. The van der Waals surface area contributed by atoms with Gasteiger partial charge in [0.15, 0.2) is 0 Å². The van der Waals surface area contributed by atoms with Gasteiger partial charge >= 0.3 is 5.97 Å². The standard InChI is InChI=1S/C20H17ClN2O3/c1-11-8-9-13(20(25)26-3)12(2)18(11)23-19(24)15-10-17(21)22-16-7-5-4-6-14(15)16/h4-10H,1-3H3,(H,23,24). The van der Waals surface area contributed by atoms with Crippen LogP contribution in [-0.4, -0.2) is 24.0 Å². The zero-order chi connectivity index (χ0) is 18.8. The summed E-state index contributed by atoms with van der Waals surface area (Å²) < 4.78 is 4.80. The van der Waals surface area contributed by atoms with Crippen molar-refractivity contribution in [2.45, 2.75) is 13.8 Å². The Morgan fingerprint density at radius 1 is 1.08 bits per heavy atom. The van der Waals surface area contributed by atoms with E-state index in [9.17, 15) is 9.59 Å². The smallest absolute Gasteiger partial charge is 0.338 e. The lowest BCUT2D eigenvalue weighted by atomic mass is 10.0. The molecule has 0 aliphatic carbocycles. The van der Waals surface area contributed by atoms with Crippen LogP contribution in [0.25, 0.3) is 10.9 Å². The first kappa shape index (κ1) is 17.9. The van der Waals surface area contributed by atoms with Crippen LogP contribution in [0.4, 0.5) is 5.69 Å². The number of rotatable bonds is 3. The third-order valence-corrected chi connectivity index (χ3v) is 4.44. The van der Waals surface area contributed by atoms with Crippen molar-refractivity contribution in [2.24, 2.45) is 0 Å². The molecule has 0 atom stereocenters. The number of carbonyl (C=O) groups is 2. The number of halogens is 1. The Kier molecular flexibility index (Phi) is 4.91. The van der Waals surface area contributed by atoms with E-state index in [0.717, 1.165) is 5.56 Å². The Bertz CT molecular complexity index is 1030. The van der Waals surface area contributed by atoms with E-state index in [2.05, 4.69) is 10.3 Å². The van der Waals surface area contributed by atoms with Crippen molar-refractivity contribution in [3.05, 3.63) is 69.9 Å². The average Bonchev–Trinajstić information content (AvgIpc) is 2.63. The van der Waals surface area contributed by atoms with E-state index in [1.54, 1.807) is 25.1 Å². The molecule has 1 aromatic heterocycles. The van der Waals surface area contributed by atoms with E-state index < -0.39 is 5.97 Å². The van der Waals surface area contributed by atoms with Crippen molar-refractivity contribution in [1.29, 1.82) is 0 Å². The molecule has 2 aromatic carbocycles. The maximum atomic E-state index is 12.9. The summed E-state index contributed by atoms with van der Waals surface area (Å²) in [5.74, 6) is -0.769. The number of aromatic nitrogens is 1. The van der Waals surface area contributed by atoms with Gasteiger partial charge in [0.1, 0.15) is 5.15 Å². The van der Waals surface area contributed by atoms with E-state index in [-0.39, 0.29) is 11.1 Å². The van der Waals surface area contributed by atoms with E-state index in [0.29, 0.717) is 33.3 Å². The summed E-state index contributed by atoms with van der Waals surface area (Å²) in [7, 11) is 1.32. The number of benzene rings is 2. The summed E-state index contributed by atoms with van der Waals surface area (Å²) in [5.41, 5.74) is 3.54. The maximum Gasteiger partial charge on any atom is 0.338 e. The molecule has 26 heavy (non-hydrogen) atoms. The molecule has 0 aliphatic heterocycles. The number of carbonyl (C=O) groups excluding carboxylic acids is 2. The largest absolute Gasteiger partial charge is 0.465 e. The first-order valence-corrected chi connectivity index (χ1v) is 8.35. The van der Waals surface area contributed by atoms with E-state index in [4.69, 9.17) is 16.3 Å². The Labute approximate surface area is 156 Å². The molecule has 0 radical (unpaired) electrons. The number of aryl methyl sites for hydroxylation is 1. The van der Waals surface area contributed by atoms with E-state index >= 15 is 0 Å². The number of fused-ring (bicyclic) bond motifs is 1. The Hall–Kier alpha value is -2.92. The van der Waals surface area contributed by atoms with E-state index in [1.165, 1.54) is 13.2 Å². The predicted octanol–water partition coefficient (Wildman–Crippen LogP) is 4.54. The average molecular weight is 369 g/mol. The summed E-state index contributed by atoms with van der Waals surface area (Å²) in [5, 5.41) is 3.84. The third-order valence-electron chi connectivity index (χ3n) is 4.25. The fourth-order valence-electron chi connectivity index (χ4n) is 2.88. The van der Waals surface area contributed by atoms with Crippen LogP contribution < -0.4 is 5.32 Å². The number of nitrogens with one attached hydrogen (secondary N) is 1. The molecule has 5 nitrogen and oxygen atoms in total. The Morgan fingerprint density at radius 2 is 1.81 bits per heavy atom. The van der Waals surface area contributed by atoms with Crippen molar-refractivity contribution in [3.63, 3.8) is 0 Å². The van der Waals surface area contributed by atoms with Crippen LogP contribution in [0.15, 0.2) is 42.5 Å². The van der Waals surface area contributed by atoms with Crippen LogP contribution in [0.1, 0.15) is 31.8 Å². The SMILES string of the molecule is COC(=O)c1ccc(C)c(NC(=O)c2cc(Cl)nc3ccccc23)c1C. The molecule has 132 valence electrons. The molecule has 3 rings (SSSR count). The maximum absolute atomic E-state index is 12.9. The second-order valence-electron chi connectivity index (χ2n) is 5.89. The zero-order valence-electron chi connectivity index (χ0n) is 14.6. The molecular formula is C20H17ClN2O3. The Morgan fingerprint density at radius 3 is 2.54 bits per heavy atom. The highest BCUT2D eigenvalue weighted by atomic mass is 35.5. The molecule has 1 heterocycles. The fraction of sp³-hybridized carbons (Fsp3) is 0.150. The van der Waals surface area contributed by atoms with Crippen molar-refractivity contribution in [3.8, 4) is 0 Å². The van der Waals surface area contributed by atoms with Gasteiger partial charge in [-0.1, -0.05) is 35.9 Å². The van der Waals surface area contributed by atoms with Gasteiger partial charge in [-0.25, -0.2) is 9.78 Å². The predicted molar refractivity (Wildman–Crippen MR) is 102 cm³/mol. The summed E-state index contributed by atoms with van der Waals surface area (Å²) in [6.07, 6.45) is 0. The summed E-state index contributed by atoms with van der Waals surface area (Å²) >= 11 is 6.07. The summed E-state index contributed by atoms with van der Waals surface area (Å²) in [4.78, 5) is 29.1. The molecule has 0 aliphatic rings. The number of amides is 1. The minimum atomic E-state index is -0.449. The summed E-state index contributed by atoms with van der Waals surface area (Å²) in [6, 6.07) is 12.3. The number of anilines is 1. The number of para-hydroxylation sites is 1. The third kappa shape index (κ3) is 3.26. The molecule has 1 amide bonds. The molecule has 0 fully saturated rings. The number of esters is 1. The van der Waals surface area contributed by atoms with Crippen molar-refractivity contribution < 1.29 is 14.3 Å². The quantitative estimate of drug-likeness (QED) is 0.544. The first-order valence-electron chi connectivity index (χ1n) is 7.97. The van der Waals surface area contributed by atoms with Crippen LogP contribution in [0, 0.1) is 13.8 Å². The monoisotopic (exact) mass is 368 g/mol. The number of nitrogens with zero attached hydrogens (tertiary/aromatic N) is 1. The number of hydrogen-bond donors (Lipinski definition) is 1. The van der Waals surface area contributed by atoms with Gasteiger partial charge in [0, 0.05) is 11.1 Å². The van der Waals surface area contributed by atoms with Crippen LogP contribution in [-0.2, 0) is 4.74 Å². The van der Waals surface area contributed by atoms with Crippen LogP contribution in [0.5, 0.6) is 0 Å². The highest BCUT2D eigenvalue weighted by Gasteiger charge is 2.18. The van der Waals surface area contributed by atoms with Crippen LogP contribution >= 0.6 is 11.6 Å². The van der Waals surface area contributed by atoms with E-state index in [1.807, 2.05) is 25.1 Å². The van der Waals surface area contributed by atoms with Crippen LogP contribution in [0.3, 0.4) is 0 Å². The minimum Gasteiger partial charge on any atom is -0.465 e. The van der Waals surface area contributed by atoms with Gasteiger partial charge in [-0.05, 0) is 43.2 Å². The van der Waals surface area contributed by atoms with Gasteiger partial charge in [-0.15, -0.1) is 0 Å². The zero-order valence-corrected chi connectivity index (χ0v) is 15.3. The minimum absolute atomic E-state index is 0.241. The molecule has 6 heteroatoms. The van der Waals surface area contributed by atoms with Crippen molar-refractivity contribution >= 4 is 40.1 Å². The highest BCUT2D eigenvalue weighted by molar-refractivity contribution is 6.30. The lowest BCUT2D eigenvalue weighted by Gasteiger charge is -2.15. The number of methoxy groups -OCH3 is 1.